The lowest BCUT2D eigenvalue weighted by atomic mass is 10.1. The molecule has 0 fully saturated rings. The van der Waals surface area contributed by atoms with E-state index in [0.29, 0.717) is 0 Å². The second-order valence-corrected chi connectivity index (χ2v) is 5.82. The molecule has 0 saturated carbocycles. The van der Waals surface area contributed by atoms with Crippen LogP contribution in [0.25, 0.3) is 10.1 Å². The minimum absolute atomic E-state index is 1.10. The Morgan fingerprint density at radius 3 is 2.72 bits per heavy atom. The molecule has 2 aromatic rings. The molecule has 0 aliphatic rings. The van der Waals surface area contributed by atoms with Gasteiger partial charge in [0.05, 0.1) is 0 Å². The maximum atomic E-state index is 3.52. The maximum Gasteiger partial charge on any atom is 0.0347 e. The van der Waals surface area contributed by atoms with E-state index in [1.54, 1.807) is 0 Å². The molecule has 1 N–H and O–H groups in total. The highest BCUT2D eigenvalue weighted by atomic mass is 32.1. The van der Waals surface area contributed by atoms with Crippen LogP contribution in [0.4, 0.5) is 5.69 Å². The lowest BCUT2D eigenvalue weighted by molar-refractivity contribution is 0.617. The van der Waals surface area contributed by atoms with Crippen molar-refractivity contribution in [3.05, 3.63) is 29.6 Å². The number of anilines is 1. The number of rotatable bonds is 8. The highest BCUT2D eigenvalue weighted by molar-refractivity contribution is 7.17. The van der Waals surface area contributed by atoms with Crippen LogP contribution in [0.2, 0.25) is 0 Å². The highest BCUT2D eigenvalue weighted by Crippen LogP contribution is 2.23. The van der Waals surface area contributed by atoms with Gasteiger partial charge in [0.2, 0.25) is 0 Å². The van der Waals surface area contributed by atoms with Crippen molar-refractivity contribution in [2.75, 3.05) is 11.9 Å². The van der Waals surface area contributed by atoms with Crippen LogP contribution >= 0.6 is 11.3 Å². The van der Waals surface area contributed by atoms with E-state index in [-0.39, 0.29) is 0 Å². The molecule has 2 rings (SSSR count). The molecule has 0 atom stereocenters. The quantitative estimate of drug-likeness (QED) is 0.603. The van der Waals surface area contributed by atoms with Gasteiger partial charge in [0.15, 0.2) is 0 Å². The van der Waals surface area contributed by atoms with E-state index >= 15 is 0 Å². The average Bonchev–Trinajstić information content (AvgIpc) is 2.85. The molecule has 0 spiro atoms. The molecule has 18 heavy (non-hydrogen) atoms. The Morgan fingerprint density at radius 1 is 1.00 bits per heavy atom. The predicted molar refractivity (Wildman–Crippen MR) is 83.7 cm³/mol. The molecule has 0 unspecified atom stereocenters. The van der Waals surface area contributed by atoms with Gasteiger partial charge in [-0.05, 0) is 41.5 Å². The molecule has 98 valence electrons. The lowest BCUT2D eigenvalue weighted by Gasteiger charge is -2.06. The van der Waals surface area contributed by atoms with Crippen molar-refractivity contribution in [3.8, 4) is 0 Å². The molecule has 1 nitrogen and oxygen atoms in total. The highest BCUT2D eigenvalue weighted by Gasteiger charge is 1.97. The first-order chi connectivity index (χ1) is 8.90. The summed E-state index contributed by atoms with van der Waals surface area (Å²) in [4.78, 5) is 0. The van der Waals surface area contributed by atoms with E-state index in [1.165, 1.54) is 54.3 Å². The summed E-state index contributed by atoms with van der Waals surface area (Å²) in [5, 5.41) is 7.03. The van der Waals surface area contributed by atoms with Gasteiger partial charge in [-0.3, -0.25) is 0 Å². The normalized spacial score (nSPS) is 10.9. The van der Waals surface area contributed by atoms with Crippen molar-refractivity contribution < 1.29 is 0 Å². The van der Waals surface area contributed by atoms with Crippen LogP contribution in [0.5, 0.6) is 0 Å². The maximum absolute atomic E-state index is 3.52. The first-order valence-electron chi connectivity index (χ1n) is 7.11. The Bertz CT molecular complexity index is 461. The van der Waals surface area contributed by atoms with E-state index in [2.05, 4.69) is 41.9 Å². The number of fused-ring (bicyclic) bond motifs is 1. The van der Waals surface area contributed by atoms with Gasteiger partial charge in [0.1, 0.15) is 0 Å². The van der Waals surface area contributed by atoms with Crippen molar-refractivity contribution in [2.24, 2.45) is 0 Å². The van der Waals surface area contributed by atoms with Crippen LogP contribution in [0.3, 0.4) is 0 Å². The molecule has 0 radical (unpaired) electrons. The van der Waals surface area contributed by atoms with Gasteiger partial charge >= 0.3 is 0 Å². The fraction of sp³-hybridized carbons (Fsp3) is 0.500. The van der Waals surface area contributed by atoms with Gasteiger partial charge in [-0.1, -0.05) is 39.0 Å². The fourth-order valence-electron chi connectivity index (χ4n) is 2.21. The van der Waals surface area contributed by atoms with Crippen molar-refractivity contribution in [3.63, 3.8) is 0 Å². The second-order valence-electron chi connectivity index (χ2n) is 4.87. The SMILES string of the molecule is CCCCCCCCNc1ccc2sccc2c1. The molecular weight excluding hydrogens is 238 g/mol. The van der Waals surface area contributed by atoms with Gasteiger partial charge in [0.25, 0.3) is 0 Å². The number of nitrogens with one attached hydrogen (secondary N) is 1. The van der Waals surface area contributed by atoms with Gasteiger partial charge in [-0.2, -0.15) is 0 Å². The minimum Gasteiger partial charge on any atom is -0.385 e. The second kappa shape index (κ2) is 7.42. The van der Waals surface area contributed by atoms with E-state index in [1.807, 2.05) is 11.3 Å². The van der Waals surface area contributed by atoms with Gasteiger partial charge in [-0.25, -0.2) is 0 Å². The topological polar surface area (TPSA) is 12.0 Å². The summed E-state index contributed by atoms with van der Waals surface area (Å²) >= 11 is 1.81. The van der Waals surface area contributed by atoms with Crippen LogP contribution in [0.15, 0.2) is 29.6 Å². The summed E-state index contributed by atoms with van der Waals surface area (Å²) < 4.78 is 1.38. The summed E-state index contributed by atoms with van der Waals surface area (Å²) in [6.07, 6.45) is 8.15. The Labute approximate surface area is 114 Å². The van der Waals surface area contributed by atoms with Gasteiger partial charge < -0.3 is 5.32 Å². The van der Waals surface area contributed by atoms with Gasteiger partial charge in [-0.15, -0.1) is 11.3 Å². The first kappa shape index (κ1) is 13.4. The molecule has 0 aliphatic carbocycles. The Kier molecular flexibility index (Phi) is 5.53. The zero-order valence-corrected chi connectivity index (χ0v) is 12.1. The van der Waals surface area contributed by atoms with Crippen LogP contribution < -0.4 is 5.32 Å². The van der Waals surface area contributed by atoms with Crippen molar-refractivity contribution in [1.29, 1.82) is 0 Å². The molecule has 0 bridgehead atoms. The third-order valence-electron chi connectivity index (χ3n) is 3.31. The zero-order chi connectivity index (χ0) is 12.6. The molecule has 1 aromatic carbocycles. The number of hydrogen-bond donors (Lipinski definition) is 1. The lowest BCUT2D eigenvalue weighted by Crippen LogP contribution is -2.00. The number of benzene rings is 1. The molecular formula is C16H23NS. The molecule has 1 heterocycles. The van der Waals surface area contributed by atoms with E-state index in [9.17, 15) is 0 Å². The molecule has 0 saturated heterocycles. The van der Waals surface area contributed by atoms with E-state index < -0.39 is 0 Å². The number of unbranched alkanes of at least 4 members (excludes halogenated alkanes) is 5. The Morgan fingerprint density at radius 2 is 1.83 bits per heavy atom. The fourth-order valence-corrected chi connectivity index (χ4v) is 2.99. The summed E-state index contributed by atoms with van der Waals surface area (Å²) in [5.41, 5.74) is 1.26. The van der Waals surface area contributed by atoms with Crippen LogP contribution in [-0.4, -0.2) is 6.54 Å². The number of thiophene rings is 1. The standard InChI is InChI=1S/C16H23NS/c1-2-3-4-5-6-7-11-17-15-8-9-16-14(13-15)10-12-18-16/h8-10,12-13,17H,2-7,11H2,1H3. The first-order valence-corrected chi connectivity index (χ1v) is 7.99. The molecule has 0 aliphatic heterocycles. The Hall–Kier alpha value is -1.02. The zero-order valence-electron chi connectivity index (χ0n) is 11.2. The summed E-state index contributed by atoms with van der Waals surface area (Å²) in [7, 11) is 0. The van der Waals surface area contributed by atoms with Crippen LogP contribution in [0, 0.1) is 0 Å². The third-order valence-corrected chi connectivity index (χ3v) is 4.21. The third kappa shape index (κ3) is 4.02. The predicted octanol–water partition coefficient (Wildman–Crippen LogP) is 5.67. The van der Waals surface area contributed by atoms with Crippen LogP contribution in [-0.2, 0) is 0 Å². The largest absolute Gasteiger partial charge is 0.385 e. The summed E-state index contributed by atoms with van der Waals surface area (Å²) in [6.45, 7) is 3.36. The van der Waals surface area contributed by atoms with E-state index in [0.717, 1.165) is 6.54 Å². The average molecular weight is 261 g/mol. The summed E-state index contributed by atoms with van der Waals surface area (Å²) in [6, 6.07) is 8.85. The van der Waals surface area contributed by atoms with Crippen LogP contribution in [0.1, 0.15) is 45.4 Å². The smallest absolute Gasteiger partial charge is 0.0347 e. The monoisotopic (exact) mass is 261 g/mol. The Balaban J connectivity index is 1.67. The van der Waals surface area contributed by atoms with Crippen molar-refractivity contribution >= 4 is 27.1 Å². The van der Waals surface area contributed by atoms with Crippen molar-refractivity contribution in [2.45, 2.75) is 45.4 Å². The number of hydrogen-bond acceptors (Lipinski definition) is 2. The van der Waals surface area contributed by atoms with Crippen molar-refractivity contribution in [1.82, 2.24) is 0 Å². The van der Waals surface area contributed by atoms with E-state index in [4.69, 9.17) is 0 Å². The minimum atomic E-state index is 1.10. The molecule has 1 aromatic heterocycles. The molecule has 0 amide bonds. The summed E-state index contributed by atoms with van der Waals surface area (Å²) in [5.74, 6) is 0. The molecule has 2 heteroatoms. The van der Waals surface area contributed by atoms with Gasteiger partial charge in [0, 0.05) is 16.9 Å².